The van der Waals surface area contributed by atoms with Crippen molar-refractivity contribution in [3.05, 3.63) is 29.8 Å². The van der Waals surface area contributed by atoms with Gasteiger partial charge in [0, 0.05) is 18.3 Å². The number of Topliss-reactive ketones (excluding diaryl/α,β-unsaturated/α-hetero) is 1. The van der Waals surface area contributed by atoms with Crippen molar-refractivity contribution in [1.82, 2.24) is 0 Å². The zero-order valence-corrected chi connectivity index (χ0v) is 10.6. The molecule has 0 heterocycles. The van der Waals surface area contributed by atoms with E-state index in [0.29, 0.717) is 19.4 Å². The Morgan fingerprint density at radius 1 is 1.39 bits per heavy atom. The van der Waals surface area contributed by atoms with Crippen LogP contribution in [-0.2, 0) is 11.2 Å². The second-order valence-corrected chi connectivity index (χ2v) is 5.15. The summed E-state index contributed by atoms with van der Waals surface area (Å²) in [4.78, 5) is 11.0. The van der Waals surface area contributed by atoms with Gasteiger partial charge < -0.3 is 4.74 Å². The predicted molar refractivity (Wildman–Crippen MR) is 68.2 cm³/mol. The highest BCUT2D eigenvalue weighted by Gasteiger charge is 2.43. The second kappa shape index (κ2) is 5.22. The van der Waals surface area contributed by atoms with Gasteiger partial charge in [-0.1, -0.05) is 12.1 Å². The molecule has 94 valence electrons. The van der Waals surface area contributed by atoms with Crippen LogP contribution in [0.15, 0.2) is 24.3 Å². The number of benzene rings is 1. The monoisotopic (exact) mass is 243 g/mol. The Morgan fingerprint density at radius 2 is 2.06 bits per heavy atom. The van der Waals surface area contributed by atoms with Crippen LogP contribution in [-0.4, -0.2) is 12.4 Å². The minimum atomic E-state index is 0.104. The molecule has 0 aromatic heterocycles. The lowest BCUT2D eigenvalue weighted by atomic mass is 10.1. The Labute approximate surface area is 107 Å². The first-order chi connectivity index (χ1) is 8.63. The van der Waals surface area contributed by atoms with Crippen molar-refractivity contribution in [2.24, 2.45) is 5.41 Å². The molecule has 0 radical (unpaired) electrons. The molecule has 1 fully saturated rings. The molecule has 0 bridgehead atoms. The van der Waals surface area contributed by atoms with Crippen LogP contribution in [0.2, 0.25) is 0 Å². The number of ketones is 1. The van der Waals surface area contributed by atoms with E-state index in [1.807, 2.05) is 24.3 Å². The van der Waals surface area contributed by atoms with E-state index in [1.165, 1.54) is 0 Å². The van der Waals surface area contributed by atoms with Crippen molar-refractivity contribution in [1.29, 1.82) is 5.26 Å². The van der Waals surface area contributed by atoms with E-state index >= 15 is 0 Å². The Bertz CT molecular complexity index is 466. The lowest BCUT2D eigenvalue weighted by Crippen LogP contribution is -2.12. The standard InChI is InChI=1S/C15H17NO2/c1-12(17)10-13-2-4-14(5-3-13)18-11-15(6-7-15)8-9-16/h2-5H,6-8,10-11H2,1H3. The minimum absolute atomic E-state index is 0.104. The van der Waals surface area contributed by atoms with Gasteiger partial charge in [0.2, 0.25) is 0 Å². The number of hydrogen-bond acceptors (Lipinski definition) is 3. The molecule has 18 heavy (non-hydrogen) atoms. The van der Waals surface area contributed by atoms with Crippen LogP contribution in [0.25, 0.3) is 0 Å². The van der Waals surface area contributed by atoms with Crippen molar-refractivity contribution in [3.63, 3.8) is 0 Å². The summed E-state index contributed by atoms with van der Waals surface area (Å²) in [6.07, 6.45) is 3.22. The molecule has 0 amide bonds. The van der Waals surface area contributed by atoms with E-state index in [9.17, 15) is 4.79 Å². The van der Waals surface area contributed by atoms with Crippen LogP contribution in [0.1, 0.15) is 31.7 Å². The average molecular weight is 243 g/mol. The van der Waals surface area contributed by atoms with Crippen molar-refractivity contribution in [2.45, 2.75) is 32.6 Å². The third kappa shape index (κ3) is 3.33. The Hall–Kier alpha value is -1.82. The molecule has 0 spiro atoms. The van der Waals surface area contributed by atoms with Gasteiger partial charge in [-0.25, -0.2) is 0 Å². The molecule has 1 aromatic rings. The topological polar surface area (TPSA) is 50.1 Å². The van der Waals surface area contributed by atoms with E-state index in [1.54, 1.807) is 6.92 Å². The van der Waals surface area contributed by atoms with Crippen LogP contribution in [0.4, 0.5) is 0 Å². The van der Waals surface area contributed by atoms with Crippen LogP contribution in [0, 0.1) is 16.7 Å². The maximum absolute atomic E-state index is 11.0. The molecule has 2 rings (SSSR count). The van der Waals surface area contributed by atoms with Crippen LogP contribution < -0.4 is 4.74 Å². The normalized spacial score (nSPS) is 15.8. The van der Waals surface area contributed by atoms with E-state index in [0.717, 1.165) is 24.2 Å². The highest BCUT2D eigenvalue weighted by atomic mass is 16.5. The first-order valence-corrected chi connectivity index (χ1v) is 6.22. The summed E-state index contributed by atoms with van der Waals surface area (Å²) in [6, 6.07) is 9.83. The summed E-state index contributed by atoms with van der Waals surface area (Å²) >= 11 is 0. The second-order valence-electron chi connectivity index (χ2n) is 5.15. The quantitative estimate of drug-likeness (QED) is 0.772. The largest absolute Gasteiger partial charge is 0.493 e. The average Bonchev–Trinajstić information content (AvgIpc) is 3.09. The van der Waals surface area contributed by atoms with Gasteiger partial charge in [0.25, 0.3) is 0 Å². The minimum Gasteiger partial charge on any atom is -0.493 e. The molecular weight excluding hydrogens is 226 g/mol. The van der Waals surface area contributed by atoms with Gasteiger partial charge in [0.05, 0.1) is 12.7 Å². The smallest absolute Gasteiger partial charge is 0.134 e. The van der Waals surface area contributed by atoms with Gasteiger partial charge in [-0.15, -0.1) is 0 Å². The lowest BCUT2D eigenvalue weighted by Gasteiger charge is -2.13. The molecule has 1 aromatic carbocycles. The molecule has 1 aliphatic rings. The fourth-order valence-corrected chi connectivity index (χ4v) is 1.94. The van der Waals surface area contributed by atoms with Crippen molar-refractivity contribution in [2.75, 3.05) is 6.61 Å². The van der Waals surface area contributed by atoms with Crippen molar-refractivity contribution < 1.29 is 9.53 Å². The molecule has 3 nitrogen and oxygen atoms in total. The molecule has 0 N–H and O–H groups in total. The molecule has 1 saturated carbocycles. The van der Waals surface area contributed by atoms with Crippen molar-refractivity contribution in [3.8, 4) is 11.8 Å². The van der Waals surface area contributed by atoms with E-state index in [-0.39, 0.29) is 11.2 Å². The number of carbonyl (C=O) groups excluding carboxylic acids is 1. The van der Waals surface area contributed by atoms with Crippen LogP contribution in [0.3, 0.4) is 0 Å². The van der Waals surface area contributed by atoms with Crippen molar-refractivity contribution >= 4 is 5.78 Å². The first kappa shape index (κ1) is 12.6. The van der Waals surface area contributed by atoms with Gasteiger partial charge in [-0.05, 0) is 37.5 Å². The number of nitriles is 1. The number of ether oxygens (including phenoxy) is 1. The number of carbonyl (C=O) groups is 1. The molecule has 0 saturated heterocycles. The van der Waals surface area contributed by atoms with Gasteiger partial charge >= 0.3 is 0 Å². The van der Waals surface area contributed by atoms with E-state index in [2.05, 4.69) is 6.07 Å². The zero-order valence-electron chi connectivity index (χ0n) is 10.6. The molecule has 0 aliphatic heterocycles. The van der Waals surface area contributed by atoms with Crippen LogP contribution in [0.5, 0.6) is 5.75 Å². The van der Waals surface area contributed by atoms with Gasteiger partial charge in [0.1, 0.15) is 11.5 Å². The molecular formula is C15H17NO2. The Kier molecular flexibility index (Phi) is 3.66. The highest BCUT2D eigenvalue weighted by molar-refractivity contribution is 5.78. The molecule has 0 unspecified atom stereocenters. The van der Waals surface area contributed by atoms with Gasteiger partial charge in [-0.3, -0.25) is 4.79 Å². The summed E-state index contributed by atoms with van der Waals surface area (Å²) in [5.74, 6) is 0.973. The Morgan fingerprint density at radius 3 is 2.56 bits per heavy atom. The number of nitrogens with zero attached hydrogens (tertiary/aromatic N) is 1. The third-order valence-electron chi connectivity index (χ3n) is 3.33. The summed E-state index contributed by atoms with van der Waals surface area (Å²) in [5, 5.41) is 8.72. The SMILES string of the molecule is CC(=O)Cc1ccc(OCC2(CC#N)CC2)cc1. The fourth-order valence-electron chi connectivity index (χ4n) is 1.94. The highest BCUT2D eigenvalue weighted by Crippen LogP contribution is 2.48. The third-order valence-corrected chi connectivity index (χ3v) is 3.33. The van der Waals surface area contributed by atoms with E-state index in [4.69, 9.17) is 10.00 Å². The molecule has 0 atom stereocenters. The number of rotatable bonds is 6. The summed E-state index contributed by atoms with van der Waals surface area (Å²) in [6.45, 7) is 2.20. The number of hydrogen-bond donors (Lipinski definition) is 0. The van der Waals surface area contributed by atoms with Gasteiger partial charge in [0.15, 0.2) is 0 Å². The summed E-state index contributed by atoms with van der Waals surface area (Å²) < 4.78 is 5.71. The predicted octanol–water partition coefficient (Wildman–Crippen LogP) is 2.89. The maximum atomic E-state index is 11.0. The first-order valence-electron chi connectivity index (χ1n) is 6.22. The molecule has 1 aliphatic carbocycles. The summed E-state index contributed by atoms with van der Waals surface area (Å²) in [5.41, 5.74) is 1.11. The summed E-state index contributed by atoms with van der Waals surface area (Å²) in [7, 11) is 0. The molecule has 3 heteroatoms. The maximum Gasteiger partial charge on any atom is 0.134 e. The Balaban J connectivity index is 1.87. The fraction of sp³-hybridized carbons (Fsp3) is 0.467. The van der Waals surface area contributed by atoms with Gasteiger partial charge in [-0.2, -0.15) is 5.26 Å². The van der Waals surface area contributed by atoms with Crippen LogP contribution >= 0.6 is 0 Å². The van der Waals surface area contributed by atoms with E-state index < -0.39 is 0 Å². The lowest BCUT2D eigenvalue weighted by molar-refractivity contribution is -0.116. The zero-order chi connectivity index (χ0) is 13.0.